The minimum absolute atomic E-state index is 0.241. The first-order valence-electron chi connectivity index (χ1n) is 13.6. The summed E-state index contributed by atoms with van der Waals surface area (Å²) in [5.74, 6) is -0.241. The van der Waals surface area contributed by atoms with Crippen molar-refractivity contribution < 1.29 is 4.39 Å². The monoisotopic (exact) mass is 511 g/mol. The zero-order valence-electron chi connectivity index (χ0n) is 21.5. The number of hydrogen-bond acceptors (Lipinski definition) is 1. The lowest BCUT2D eigenvalue weighted by Gasteiger charge is -2.27. The van der Waals surface area contributed by atoms with Gasteiger partial charge in [0, 0.05) is 17.1 Å². The molecule has 0 aromatic heterocycles. The van der Waals surface area contributed by atoms with Crippen LogP contribution in [0.3, 0.4) is 0 Å². The third-order valence-electron chi connectivity index (χ3n) is 8.50. The molecule has 9 aromatic rings. The molecule has 0 bridgehead atoms. The molecule has 0 saturated heterocycles. The predicted octanol–water partition coefficient (Wildman–Crippen LogP) is 11.1. The Morgan fingerprint density at radius 3 is 1.02 bits per heavy atom. The van der Waals surface area contributed by atoms with E-state index in [9.17, 15) is 4.39 Å². The van der Waals surface area contributed by atoms with Gasteiger partial charge in [-0.05, 0) is 113 Å². The molecular weight excluding hydrogens is 489 g/mol. The van der Waals surface area contributed by atoms with Crippen molar-refractivity contribution >= 4 is 81.7 Å². The molecule has 9 aromatic carbocycles. The van der Waals surface area contributed by atoms with Crippen LogP contribution in [0, 0.1) is 5.82 Å². The lowest BCUT2D eigenvalue weighted by molar-refractivity contribution is 0.628. The van der Waals surface area contributed by atoms with Crippen LogP contribution in [-0.2, 0) is 0 Å². The number of anilines is 3. The van der Waals surface area contributed by atoms with Gasteiger partial charge in [0.05, 0.1) is 0 Å². The van der Waals surface area contributed by atoms with Crippen molar-refractivity contribution in [2.75, 3.05) is 4.90 Å². The van der Waals surface area contributed by atoms with Gasteiger partial charge in [-0.25, -0.2) is 4.39 Å². The molecule has 1 nitrogen and oxygen atoms in total. The summed E-state index contributed by atoms with van der Waals surface area (Å²) in [5, 5.41) is 15.0. The molecule has 0 aliphatic rings. The summed E-state index contributed by atoms with van der Waals surface area (Å²) in [6.07, 6.45) is 0. The Morgan fingerprint density at radius 1 is 0.325 bits per heavy atom. The van der Waals surface area contributed by atoms with Crippen LogP contribution in [0.15, 0.2) is 133 Å². The predicted molar refractivity (Wildman–Crippen MR) is 168 cm³/mol. The van der Waals surface area contributed by atoms with Gasteiger partial charge in [0.15, 0.2) is 0 Å². The highest BCUT2D eigenvalue weighted by Crippen LogP contribution is 2.44. The zero-order chi connectivity index (χ0) is 26.4. The van der Waals surface area contributed by atoms with E-state index in [4.69, 9.17) is 0 Å². The van der Waals surface area contributed by atoms with Crippen molar-refractivity contribution in [2.24, 2.45) is 0 Å². The molecule has 9 rings (SSSR count). The smallest absolute Gasteiger partial charge is 0.123 e. The zero-order valence-corrected chi connectivity index (χ0v) is 21.5. The third kappa shape index (κ3) is 3.02. The molecule has 0 radical (unpaired) electrons. The van der Waals surface area contributed by atoms with Crippen LogP contribution in [0.4, 0.5) is 21.5 Å². The van der Waals surface area contributed by atoms with Gasteiger partial charge < -0.3 is 4.90 Å². The Morgan fingerprint density at radius 2 is 0.650 bits per heavy atom. The van der Waals surface area contributed by atoms with Gasteiger partial charge in [-0.3, -0.25) is 0 Å². The first kappa shape index (κ1) is 21.7. The number of rotatable bonds is 3. The van der Waals surface area contributed by atoms with Crippen LogP contribution in [0.1, 0.15) is 0 Å². The largest absolute Gasteiger partial charge is 0.310 e. The Kier molecular flexibility index (Phi) is 4.29. The quantitative estimate of drug-likeness (QED) is 0.213. The molecule has 0 aliphatic heterocycles. The summed E-state index contributed by atoms with van der Waals surface area (Å²) in [6.45, 7) is 0. The second-order valence-electron chi connectivity index (χ2n) is 10.8. The summed E-state index contributed by atoms with van der Waals surface area (Å²) in [7, 11) is 0. The topological polar surface area (TPSA) is 3.24 Å². The molecule has 0 fully saturated rings. The number of nitrogens with zero attached hydrogens (tertiary/aromatic N) is 1. The SMILES string of the molecule is Fc1ccc(N(c2cc3ccc4cccc5ccc(c2)c3c45)c2cc3ccc4cccc5ccc(c2)c3c45)cc1. The molecule has 0 N–H and O–H groups in total. The van der Waals surface area contributed by atoms with Crippen molar-refractivity contribution in [3.63, 3.8) is 0 Å². The lowest BCUT2D eigenvalue weighted by Crippen LogP contribution is -2.10. The number of benzene rings is 9. The summed E-state index contributed by atoms with van der Waals surface area (Å²) < 4.78 is 14.1. The highest BCUT2D eigenvalue weighted by molar-refractivity contribution is 6.25. The van der Waals surface area contributed by atoms with Crippen LogP contribution >= 0.6 is 0 Å². The van der Waals surface area contributed by atoms with Crippen LogP contribution < -0.4 is 4.90 Å². The van der Waals surface area contributed by atoms with Gasteiger partial charge in [-0.15, -0.1) is 0 Å². The Labute approximate surface area is 230 Å². The van der Waals surface area contributed by atoms with Gasteiger partial charge in [0.2, 0.25) is 0 Å². The fourth-order valence-corrected chi connectivity index (χ4v) is 6.77. The fraction of sp³-hybridized carbons (Fsp3) is 0. The first-order valence-corrected chi connectivity index (χ1v) is 13.6. The van der Waals surface area contributed by atoms with Crippen molar-refractivity contribution in [3.05, 3.63) is 139 Å². The maximum atomic E-state index is 14.1. The van der Waals surface area contributed by atoms with E-state index >= 15 is 0 Å². The van der Waals surface area contributed by atoms with E-state index in [1.54, 1.807) is 0 Å². The lowest BCUT2D eigenvalue weighted by atomic mass is 9.93. The van der Waals surface area contributed by atoms with Crippen molar-refractivity contribution in [1.29, 1.82) is 0 Å². The molecule has 0 amide bonds. The molecule has 0 heterocycles. The summed E-state index contributed by atoms with van der Waals surface area (Å²) in [5.41, 5.74) is 3.01. The van der Waals surface area contributed by atoms with Crippen LogP contribution in [-0.4, -0.2) is 0 Å². The third-order valence-corrected chi connectivity index (χ3v) is 8.50. The van der Waals surface area contributed by atoms with E-state index in [1.807, 2.05) is 12.1 Å². The summed E-state index contributed by atoms with van der Waals surface area (Å²) >= 11 is 0. The molecule has 0 unspecified atom stereocenters. The molecule has 2 heteroatoms. The first-order chi connectivity index (χ1) is 19.7. The van der Waals surface area contributed by atoms with E-state index in [0.29, 0.717) is 0 Å². The maximum Gasteiger partial charge on any atom is 0.123 e. The van der Waals surface area contributed by atoms with E-state index in [-0.39, 0.29) is 5.82 Å². The Balaban J connectivity index is 1.34. The molecule has 0 spiro atoms. The average molecular weight is 512 g/mol. The highest BCUT2D eigenvalue weighted by Gasteiger charge is 2.18. The van der Waals surface area contributed by atoms with Gasteiger partial charge in [0.1, 0.15) is 5.82 Å². The van der Waals surface area contributed by atoms with Crippen molar-refractivity contribution in [1.82, 2.24) is 0 Å². The second-order valence-corrected chi connectivity index (χ2v) is 10.8. The highest BCUT2D eigenvalue weighted by atomic mass is 19.1. The minimum Gasteiger partial charge on any atom is -0.310 e. The van der Waals surface area contributed by atoms with Gasteiger partial charge in [-0.1, -0.05) is 84.9 Å². The minimum atomic E-state index is -0.241. The molecule has 0 atom stereocenters. The average Bonchev–Trinajstić information content (AvgIpc) is 2.99. The molecule has 186 valence electrons. The molecule has 40 heavy (non-hydrogen) atoms. The van der Waals surface area contributed by atoms with Crippen LogP contribution in [0.5, 0.6) is 0 Å². The standard InChI is InChI=1S/C38H22FN/c39-31-15-17-32(18-16-31)40(33-19-27-11-7-23-3-1-4-24-8-12-28(20-33)37(27)35(23)24)34-21-29-13-9-25-5-2-6-26-10-14-30(22-34)38(29)36(25)26/h1-22H. The summed E-state index contributed by atoms with van der Waals surface area (Å²) in [6, 6.07) is 46.6. The van der Waals surface area contributed by atoms with Gasteiger partial charge >= 0.3 is 0 Å². The van der Waals surface area contributed by atoms with E-state index in [0.717, 1.165) is 17.1 Å². The van der Waals surface area contributed by atoms with Crippen LogP contribution in [0.25, 0.3) is 64.6 Å². The van der Waals surface area contributed by atoms with Crippen LogP contribution in [0.2, 0.25) is 0 Å². The van der Waals surface area contributed by atoms with E-state index < -0.39 is 0 Å². The molecule has 0 saturated carbocycles. The van der Waals surface area contributed by atoms with Gasteiger partial charge in [0.25, 0.3) is 0 Å². The Bertz CT molecular complexity index is 2110. The normalized spacial score (nSPS) is 12.1. The number of halogens is 1. The molecule has 0 aliphatic carbocycles. The Hall–Kier alpha value is -5.21. The molecular formula is C38H22FN. The number of hydrogen-bond donors (Lipinski definition) is 0. The second kappa shape index (κ2) is 7.91. The van der Waals surface area contributed by atoms with E-state index in [1.165, 1.54) is 76.8 Å². The summed E-state index contributed by atoms with van der Waals surface area (Å²) in [4.78, 5) is 2.25. The van der Waals surface area contributed by atoms with Gasteiger partial charge in [-0.2, -0.15) is 0 Å². The van der Waals surface area contributed by atoms with E-state index in [2.05, 4.69) is 114 Å². The maximum absolute atomic E-state index is 14.1. The van der Waals surface area contributed by atoms with Crippen molar-refractivity contribution in [3.8, 4) is 0 Å². The van der Waals surface area contributed by atoms with Crippen molar-refractivity contribution in [2.45, 2.75) is 0 Å². The fourth-order valence-electron chi connectivity index (χ4n) is 6.77.